The maximum atomic E-state index is 3.26. The molecular weight excluding hydrogens is 266 g/mol. The van der Waals surface area contributed by atoms with Gasteiger partial charge >= 0.3 is 0 Å². The van der Waals surface area contributed by atoms with Gasteiger partial charge in [0.05, 0.1) is 0 Å². The molecule has 0 aliphatic carbocycles. The van der Waals surface area contributed by atoms with E-state index in [1.165, 1.54) is 70.8 Å². The number of nitrogens with one attached hydrogen (secondary N) is 1. The van der Waals surface area contributed by atoms with Crippen LogP contribution in [0.4, 0.5) is 0 Å². The molecule has 134 valence electrons. The minimum absolute atomic E-state index is 0.877. The molecule has 1 N–H and O–H groups in total. The van der Waals surface area contributed by atoms with E-state index in [-0.39, 0.29) is 0 Å². The average molecular weight is 312 g/mol. The van der Waals surface area contributed by atoms with Crippen LogP contribution in [0.15, 0.2) is 0 Å². The molecule has 0 aromatic heterocycles. The molecule has 0 spiro atoms. The summed E-state index contributed by atoms with van der Waals surface area (Å²) >= 11 is 0. The van der Waals surface area contributed by atoms with Gasteiger partial charge in [0.25, 0.3) is 0 Å². The molecule has 0 heterocycles. The van der Waals surface area contributed by atoms with Crippen LogP contribution in [-0.2, 0) is 0 Å². The van der Waals surface area contributed by atoms with Gasteiger partial charge in [-0.3, -0.25) is 0 Å². The Kier molecular flexibility index (Phi) is 14.5. The first-order chi connectivity index (χ1) is 10.5. The average Bonchev–Trinajstić information content (AvgIpc) is 2.45. The zero-order valence-electron chi connectivity index (χ0n) is 16.6. The summed E-state index contributed by atoms with van der Waals surface area (Å²) in [7, 11) is 2.06. The van der Waals surface area contributed by atoms with Crippen LogP contribution in [-0.4, -0.2) is 13.6 Å². The van der Waals surface area contributed by atoms with E-state index in [9.17, 15) is 0 Å². The monoisotopic (exact) mass is 311 g/mol. The van der Waals surface area contributed by atoms with Crippen molar-refractivity contribution in [2.24, 2.45) is 23.7 Å². The molecule has 0 amide bonds. The fourth-order valence-electron chi connectivity index (χ4n) is 3.49. The first-order valence-corrected chi connectivity index (χ1v) is 10.1. The third kappa shape index (κ3) is 14.9. The molecule has 0 aliphatic rings. The molecule has 22 heavy (non-hydrogen) atoms. The minimum Gasteiger partial charge on any atom is -0.320 e. The van der Waals surface area contributed by atoms with Crippen molar-refractivity contribution in [3.8, 4) is 0 Å². The molecule has 1 heteroatoms. The molecule has 1 nitrogen and oxygen atoms in total. The topological polar surface area (TPSA) is 12.0 Å². The second-order valence-electron chi connectivity index (χ2n) is 8.41. The van der Waals surface area contributed by atoms with Crippen molar-refractivity contribution >= 4 is 0 Å². The van der Waals surface area contributed by atoms with Crippen molar-refractivity contribution in [2.75, 3.05) is 13.6 Å². The van der Waals surface area contributed by atoms with Crippen molar-refractivity contribution in [2.45, 2.75) is 98.8 Å². The molecule has 0 aliphatic heterocycles. The Morgan fingerprint density at radius 3 is 1.55 bits per heavy atom. The molecule has 0 bridgehead atoms. The third-order valence-corrected chi connectivity index (χ3v) is 5.06. The second kappa shape index (κ2) is 14.5. The Bertz CT molecular complexity index is 224. The van der Waals surface area contributed by atoms with Crippen LogP contribution in [0.2, 0.25) is 0 Å². The van der Waals surface area contributed by atoms with E-state index >= 15 is 0 Å². The van der Waals surface area contributed by atoms with Crippen molar-refractivity contribution < 1.29 is 0 Å². The van der Waals surface area contributed by atoms with Gasteiger partial charge < -0.3 is 5.32 Å². The van der Waals surface area contributed by atoms with E-state index < -0.39 is 0 Å². The largest absolute Gasteiger partial charge is 0.320 e. The van der Waals surface area contributed by atoms with Crippen molar-refractivity contribution in [3.63, 3.8) is 0 Å². The van der Waals surface area contributed by atoms with Crippen LogP contribution < -0.4 is 5.32 Å². The maximum absolute atomic E-state index is 3.26. The lowest BCUT2D eigenvalue weighted by Gasteiger charge is -2.17. The summed E-state index contributed by atoms with van der Waals surface area (Å²) in [6.45, 7) is 13.2. The molecule has 0 fully saturated rings. The first-order valence-electron chi connectivity index (χ1n) is 10.1. The van der Waals surface area contributed by atoms with Gasteiger partial charge in [0.1, 0.15) is 0 Å². The van der Waals surface area contributed by atoms with Gasteiger partial charge in [0.2, 0.25) is 0 Å². The first kappa shape index (κ1) is 22.0. The molecular formula is C21H45N. The molecule has 0 aromatic carbocycles. The number of hydrogen-bond donors (Lipinski definition) is 1. The highest BCUT2D eigenvalue weighted by atomic mass is 14.8. The molecule has 3 unspecified atom stereocenters. The van der Waals surface area contributed by atoms with Gasteiger partial charge in [-0.15, -0.1) is 0 Å². The van der Waals surface area contributed by atoms with Gasteiger partial charge in [-0.1, -0.05) is 86.0 Å². The zero-order chi connectivity index (χ0) is 16.8. The summed E-state index contributed by atoms with van der Waals surface area (Å²) in [5.74, 6) is 3.61. The van der Waals surface area contributed by atoms with E-state index in [0.29, 0.717) is 0 Å². The Labute approximate surface area is 142 Å². The fraction of sp³-hybridized carbons (Fsp3) is 1.00. The smallest absolute Gasteiger partial charge is 0.00494 e. The van der Waals surface area contributed by atoms with Gasteiger partial charge in [-0.25, -0.2) is 0 Å². The van der Waals surface area contributed by atoms with E-state index in [0.717, 1.165) is 23.7 Å². The lowest BCUT2D eigenvalue weighted by molar-refractivity contribution is 0.356. The SMILES string of the molecule is CNCCC(C)CC(C)CCCCC(C)CCCCC(C)C. The Morgan fingerprint density at radius 1 is 0.591 bits per heavy atom. The number of unbranched alkanes of at least 4 members (excludes halogenated alkanes) is 2. The van der Waals surface area contributed by atoms with Crippen LogP contribution in [0.25, 0.3) is 0 Å². The predicted molar refractivity (Wildman–Crippen MR) is 102 cm³/mol. The van der Waals surface area contributed by atoms with Crippen molar-refractivity contribution in [3.05, 3.63) is 0 Å². The quantitative estimate of drug-likeness (QED) is 0.333. The molecule has 0 saturated carbocycles. The van der Waals surface area contributed by atoms with Gasteiger partial charge in [-0.2, -0.15) is 0 Å². The number of hydrogen-bond acceptors (Lipinski definition) is 1. The van der Waals surface area contributed by atoms with Crippen LogP contribution in [0.3, 0.4) is 0 Å². The van der Waals surface area contributed by atoms with Crippen LogP contribution in [0, 0.1) is 23.7 Å². The van der Waals surface area contributed by atoms with E-state index in [2.05, 4.69) is 47.0 Å². The molecule has 3 atom stereocenters. The van der Waals surface area contributed by atoms with Crippen molar-refractivity contribution in [1.29, 1.82) is 0 Å². The van der Waals surface area contributed by atoms with Crippen molar-refractivity contribution in [1.82, 2.24) is 5.32 Å². The highest BCUT2D eigenvalue weighted by Crippen LogP contribution is 2.22. The minimum atomic E-state index is 0.877. The lowest BCUT2D eigenvalue weighted by atomic mass is 9.89. The van der Waals surface area contributed by atoms with E-state index in [1.54, 1.807) is 0 Å². The molecule has 0 rings (SSSR count). The lowest BCUT2D eigenvalue weighted by Crippen LogP contribution is -2.13. The summed E-state index contributed by atoms with van der Waals surface area (Å²) in [4.78, 5) is 0. The van der Waals surface area contributed by atoms with Crippen LogP contribution in [0.5, 0.6) is 0 Å². The fourth-order valence-corrected chi connectivity index (χ4v) is 3.49. The summed E-state index contributed by atoms with van der Waals surface area (Å²) in [5, 5.41) is 3.26. The zero-order valence-corrected chi connectivity index (χ0v) is 16.6. The molecule has 0 aromatic rings. The Morgan fingerprint density at radius 2 is 1.05 bits per heavy atom. The summed E-state index contributed by atoms with van der Waals surface area (Å²) < 4.78 is 0. The Balaban J connectivity index is 3.46. The van der Waals surface area contributed by atoms with Crippen LogP contribution >= 0.6 is 0 Å². The predicted octanol–water partition coefficient (Wildman–Crippen LogP) is 6.67. The Hall–Kier alpha value is -0.0400. The highest BCUT2D eigenvalue weighted by molar-refractivity contribution is 4.62. The summed E-state index contributed by atoms with van der Waals surface area (Å²) in [6, 6.07) is 0. The van der Waals surface area contributed by atoms with Crippen LogP contribution in [0.1, 0.15) is 98.8 Å². The van der Waals surface area contributed by atoms with E-state index in [4.69, 9.17) is 0 Å². The van der Waals surface area contributed by atoms with Gasteiger partial charge in [-0.05, 0) is 50.1 Å². The molecule has 0 saturated heterocycles. The summed E-state index contributed by atoms with van der Waals surface area (Å²) in [6.07, 6.45) is 14.2. The van der Waals surface area contributed by atoms with E-state index in [1.807, 2.05) is 0 Å². The number of rotatable bonds is 15. The van der Waals surface area contributed by atoms with Gasteiger partial charge in [0.15, 0.2) is 0 Å². The maximum Gasteiger partial charge on any atom is -0.00494 e. The standard InChI is InChI=1S/C21H45N/c1-18(2)11-7-8-12-19(3)13-9-10-14-20(4)17-21(5)15-16-22-6/h18-22H,7-17H2,1-6H3. The second-order valence-corrected chi connectivity index (χ2v) is 8.41. The normalized spacial score (nSPS) is 16.0. The summed E-state index contributed by atoms with van der Waals surface area (Å²) in [5.41, 5.74) is 0. The highest BCUT2D eigenvalue weighted by Gasteiger charge is 2.09. The van der Waals surface area contributed by atoms with Gasteiger partial charge in [0, 0.05) is 0 Å². The third-order valence-electron chi connectivity index (χ3n) is 5.06. The molecule has 0 radical (unpaired) electrons.